The van der Waals surface area contributed by atoms with E-state index in [9.17, 15) is 14.0 Å². The van der Waals surface area contributed by atoms with Crippen molar-refractivity contribution < 1.29 is 14.0 Å². The largest absolute Gasteiger partial charge is 0.352 e. The van der Waals surface area contributed by atoms with Crippen molar-refractivity contribution in [1.82, 2.24) is 15.1 Å². The third kappa shape index (κ3) is 6.51. The minimum atomic E-state index is -0.324. The maximum Gasteiger partial charge on any atom is 0.238 e. The van der Waals surface area contributed by atoms with Crippen LogP contribution in [0.15, 0.2) is 24.3 Å². The summed E-state index contributed by atoms with van der Waals surface area (Å²) >= 11 is 0. The molecule has 1 aromatic rings. The van der Waals surface area contributed by atoms with E-state index < -0.39 is 0 Å². The molecule has 1 saturated carbocycles. The fraction of sp³-hybridized carbons (Fsp3) is 0.636. The zero-order chi connectivity index (χ0) is 20.8. The number of hydrogen-bond acceptors (Lipinski definition) is 4. The normalized spacial score (nSPS) is 26.1. The lowest BCUT2D eigenvalue weighted by Crippen LogP contribution is -2.52. The van der Waals surface area contributed by atoms with Crippen molar-refractivity contribution in [2.75, 3.05) is 44.6 Å². The van der Waals surface area contributed by atoms with Crippen molar-refractivity contribution in [3.05, 3.63) is 30.1 Å². The molecule has 3 atom stereocenters. The number of nitrogens with one attached hydrogen (secondary N) is 2. The van der Waals surface area contributed by atoms with Crippen LogP contribution in [0, 0.1) is 17.7 Å². The summed E-state index contributed by atoms with van der Waals surface area (Å²) in [5.41, 5.74) is 0.595. The Hall–Kier alpha value is -1.99. The minimum absolute atomic E-state index is 0.108. The number of hydrogen-bond donors (Lipinski definition) is 2. The maximum absolute atomic E-state index is 12.9. The Balaban J connectivity index is 1.36. The highest BCUT2D eigenvalue weighted by Crippen LogP contribution is 2.29. The van der Waals surface area contributed by atoms with Crippen LogP contribution >= 0.6 is 0 Å². The van der Waals surface area contributed by atoms with E-state index in [2.05, 4.69) is 34.3 Å². The minimum Gasteiger partial charge on any atom is -0.352 e. The summed E-state index contributed by atoms with van der Waals surface area (Å²) in [6.45, 7) is 8.28. The first-order valence-electron chi connectivity index (χ1n) is 10.7. The Morgan fingerprint density at radius 2 is 1.55 bits per heavy atom. The molecule has 2 N–H and O–H groups in total. The molecule has 29 heavy (non-hydrogen) atoms. The predicted octanol–water partition coefficient (Wildman–Crippen LogP) is 2.32. The van der Waals surface area contributed by atoms with Gasteiger partial charge in [0.25, 0.3) is 0 Å². The van der Waals surface area contributed by atoms with Crippen LogP contribution in [0.5, 0.6) is 0 Å². The molecule has 1 heterocycles. The van der Waals surface area contributed by atoms with Crippen molar-refractivity contribution in [2.24, 2.45) is 11.8 Å². The Labute approximate surface area is 172 Å². The number of rotatable bonds is 6. The summed E-state index contributed by atoms with van der Waals surface area (Å²) in [6, 6.07) is 6.06. The second-order valence-electron chi connectivity index (χ2n) is 8.55. The van der Waals surface area contributed by atoms with Gasteiger partial charge in [-0.3, -0.25) is 19.4 Å². The molecule has 1 aliphatic carbocycles. The molecule has 6 nitrogen and oxygen atoms in total. The van der Waals surface area contributed by atoms with Crippen LogP contribution in [0.25, 0.3) is 0 Å². The van der Waals surface area contributed by atoms with Gasteiger partial charge in [-0.05, 0) is 42.5 Å². The van der Waals surface area contributed by atoms with Crippen LogP contribution in [0.2, 0.25) is 0 Å². The topological polar surface area (TPSA) is 64.7 Å². The predicted molar refractivity (Wildman–Crippen MR) is 112 cm³/mol. The molecular weight excluding hydrogens is 371 g/mol. The number of anilines is 1. The van der Waals surface area contributed by atoms with Crippen molar-refractivity contribution in [2.45, 2.75) is 39.2 Å². The fourth-order valence-electron chi connectivity index (χ4n) is 4.28. The van der Waals surface area contributed by atoms with Gasteiger partial charge in [-0.2, -0.15) is 0 Å². The van der Waals surface area contributed by atoms with Gasteiger partial charge in [-0.15, -0.1) is 0 Å². The van der Waals surface area contributed by atoms with E-state index >= 15 is 0 Å². The van der Waals surface area contributed by atoms with Crippen molar-refractivity contribution in [3.63, 3.8) is 0 Å². The van der Waals surface area contributed by atoms with Crippen LogP contribution < -0.4 is 10.6 Å². The van der Waals surface area contributed by atoms with E-state index in [4.69, 9.17) is 0 Å². The van der Waals surface area contributed by atoms with Gasteiger partial charge in [0.05, 0.1) is 13.1 Å². The number of halogens is 1. The zero-order valence-corrected chi connectivity index (χ0v) is 17.5. The monoisotopic (exact) mass is 404 g/mol. The van der Waals surface area contributed by atoms with E-state index in [1.807, 2.05) is 0 Å². The Morgan fingerprint density at radius 1 is 0.966 bits per heavy atom. The molecule has 2 amide bonds. The lowest BCUT2D eigenvalue weighted by atomic mass is 9.78. The highest BCUT2D eigenvalue weighted by molar-refractivity contribution is 5.92. The summed E-state index contributed by atoms with van der Waals surface area (Å²) in [4.78, 5) is 28.9. The Bertz CT molecular complexity index is 689. The van der Waals surface area contributed by atoms with Gasteiger partial charge in [0.1, 0.15) is 5.82 Å². The molecule has 0 bridgehead atoms. The van der Waals surface area contributed by atoms with Crippen molar-refractivity contribution in [3.8, 4) is 0 Å². The van der Waals surface area contributed by atoms with E-state index in [-0.39, 0.29) is 17.6 Å². The quantitative estimate of drug-likeness (QED) is 0.764. The molecule has 0 radical (unpaired) electrons. The van der Waals surface area contributed by atoms with Gasteiger partial charge >= 0.3 is 0 Å². The Kier molecular flexibility index (Phi) is 7.61. The van der Waals surface area contributed by atoms with Gasteiger partial charge in [-0.1, -0.05) is 26.7 Å². The van der Waals surface area contributed by atoms with Crippen LogP contribution in [0.3, 0.4) is 0 Å². The fourth-order valence-corrected chi connectivity index (χ4v) is 4.28. The van der Waals surface area contributed by atoms with Crippen LogP contribution in [-0.4, -0.2) is 66.9 Å². The average Bonchev–Trinajstić information content (AvgIpc) is 2.69. The van der Waals surface area contributed by atoms with Gasteiger partial charge in [-0.25, -0.2) is 4.39 Å². The average molecular weight is 405 g/mol. The van der Waals surface area contributed by atoms with Crippen LogP contribution in [-0.2, 0) is 9.59 Å². The number of carbonyl (C=O) groups is 2. The molecule has 7 heteroatoms. The van der Waals surface area contributed by atoms with E-state index in [0.29, 0.717) is 36.7 Å². The number of amides is 2. The van der Waals surface area contributed by atoms with Crippen molar-refractivity contribution >= 4 is 17.5 Å². The second kappa shape index (κ2) is 10.2. The first-order chi connectivity index (χ1) is 13.9. The molecular formula is C22H33FN4O2. The standard InChI is InChI=1S/C22H33FN4O2/c1-16-4-3-5-20(17(16)2)25-22(29)15-27-12-10-26(11-13-27)14-21(28)24-19-8-6-18(23)7-9-19/h6-9,16-17,20H,3-5,10-15H2,1-2H3,(H,24,28)(H,25,29). The SMILES string of the molecule is CC1CCCC(NC(=O)CN2CCN(CC(=O)Nc3ccc(F)cc3)CC2)C1C. The maximum atomic E-state index is 12.9. The smallest absolute Gasteiger partial charge is 0.238 e. The van der Waals surface area contributed by atoms with Gasteiger partial charge in [0, 0.05) is 37.9 Å². The molecule has 160 valence electrons. The van der Waals surface area contributed by atoms with Crippen molar-refractivity contribution in [1.29, 1.82) is 0 Å². The van der Waals surface area contributed by atoms with Crippen LogP contribution in [0.4, 0.5) is 10.1 Å². The molecule has 3 rings (SSSR count). The highest BCUT2D eigenvalue weighted by Gasteiger charge is 2.29. The summed E-state index contributed by atoms with van der Waals surface area (Å²) in [5.74, 6) is 0.875. The molecule has 2 fully saturated rings. The highest BCUT2D eigenvalue weighted by atomic mass is 19.1. The zero-order valence-electron chi connectivity index (χ0n) is 17.5. The Morgan fingerprint density at radius 3 is 2.17 bits per heavy atom. The molecule has 1 aromatic carbocycles. The van der Waals surface area contributed by atoms with Gasteiger partial charge in [0.2, 0.25) is 11.8 Å². The van der Waals surface area contributed by atoms with Crippen LogP contribution in [0.1, 0.15) is 33.1 Å². The molecule has 2 aliphatic rings. The van der Waals surface area contributed by atoms with Gasteiger partial charge in [0.15, 0.2) is 0 Å². The van der Waals surface area contributed by atoms with E-state index in [1.54, 1.807) is 12.1 Å². The summed E-state index contributed by atoms with van der Waals surface area (Å²) in [7, 11) is 0. The summed E-state index contributed by atoms with van der Waals surface area (Å²) < 4.78 is 12.9. The molecule has 0 spiro atoms. The molecule has 3 unspecified atom stereocenters. The summed E-state index contributed by atoms with van der Waals surface area (Å²) in [5, 5.41) is 6.02. The first kappa shape index (κ1) is 21.7. The molecule has 1 saturated heterocycles. The second-order valence-corrected chi connectivity index (χ2v) is 8.55. The lowest BCUT2D eigenvalue weighted by molar-refractivity contribution is -0.124. The number of piperazine rings is 1. The van der Waals surface area contributed by atoms with E-state index in [1.165, 1.54) is 25.0 Å². The first-order valence-corrected chi connectivity index (χ1v) is 10.7. The molecule has 1 aliphatic heterocycles. The van der Waals surface area contributed by atoms with Gasteiger partial charge < -0.3 is 10.6 Å². The third-order valence-electron chi connectivity index (χ3n) is 6.38. The van der Waals surface area contributed by atoms with E-state index in [0.717, 1.165) is 32.6 Å². The number of carbonyl (C=O) groups excluding carboxylic acids is 2. The number of benzene rings is 1. The third-order valence-corrected chi connectivity index (χ3v) is 6.38. The summed E-state index contributed by atoms with van der Waals surface area (Å²) in [6.07, 6.45) is 3.52. The molecule has 0 aromatic heterocycles. The number of nitrogens with zero attached hydrogens (tertiary/aromatic N) is 2. The lowest BCUT2D eigenvalue weighted by Gasteiger charge is -2.36.